The molecule has 3 nitrogen and oxygen atoms in total. The third kappa shape index (κ3) is 2.92. The van der Waals surface area contributed by atoms with Crippen LogP contribution in [0.25, 0.3) is 0 Å². The Morgan fingerprint density at radius 3 is 3.08 bits per heavy atom. The smallest absolute Gasteiger partial charge is 0.226 e. The summed E-state index contributed by atoms with van der Waals surface area (Å²) in [6.07, 6.45) is 1.43. The zero-order valence-electron chi connectivity index (χ0n) is 7.82. The van der Waals surface area contributed by atoms with Crippen molar-refractivity contribution < 1.29 is 4.79 Å². The molecular weight excluding hydrogens is 184 g/mol. The van der Waals surface area contributed by atoms with Crippen molar-refractivity contribution in [2.24, 2.45) is 5.92 Å². The fourth-order valence-corrected chi connectivity index (χ4v) is 2.58. The molecule has 0 aromatic carbocycles. The van der Waals surface area contributed by atoms with E-state index in [1.807, 2.05) is 17.8 Å². The van der Waals surface area contributed by atoms with Crippen LogP contribution >= 0.6 is 11.8 Å². The lowest BCUT2D eigenvalue weighted by Gasteiger charge is -2.18. The molecule has 1 unspecified atom stereocenters. The third-order valence-corrected chi connectivity index (χ3v) is 3.38. The average Bonchev–Trinajstić information content (AvgIpc) is 2.65. The average molecular weight is 198 g/mol. The van der Waals surface area contributed by atoms with Gasteiger partial charge in [0.1, 0.15) is 0 Å². The van der Waals surface area contributed by atoms with Crippen LogP contribution in [0, 0.1) is 17.2 Å². The summed E-state index contributed by atoms with van der Waals surface area (Å²) in [6.45, 7) is 0.566. The van der Waals surface area contributed by atoms with Gasteiger partial charge in [0, 0.05) is 25.3 Å². The molecule has 0 aliphatic carbocycles. The fraction of sp³-hybridized carbons (Fsp3) is 0.778. The maximum atomic E-state index is 11.7. The minimum Gasteiger partial charge on any atom is -0.344 e. The molecule has 0 aromatic rings. The van der Waals surface area contributed by atoms with Gasteiger partial charge in [-0.2, -0.15) is 17.0 Å². The van der Waals surface area contributed by atoms with E-state index in [1.165, 1.54) is 0 Å². The van der Waals surface area contributed by atoms with Crippen LogP contribution in [-0.2, 0) is 4.79 Å². The van der Waals surface area contributed by atoms with Crippen molar-refractivity contribution in [2.75, 3.05) is 25.1 Å². The lowest BCUT2D eigenvalue weighted by Crippen LogP contribution is -2.33. The van der Waals surface area contributed by atoms with Gasteiger partial charge in [0.15, 0.2) is 0 Å². The van der Waals surface area contributed by atoms with Crippen LogP contribution in [0.3, 0.4) is 0 Å². The molecule has 1 atom stereocenters. The minimum absolute atomic E-state index is 0.202. The molecule has 0 bridgehead atoms. The van der Waals surface area contributed by atoms with Gasteiger partial charge < -0.3 is 4.90 Å². The first-order valence-electron chi connectivity index (χ1n) is 4.45. The molecule has 1 saturated heterocycles. The van der Waals surface area contributed by atoms with Gasteiger partial charge in [-0.15, -0.1) is 0 Å². The number of thioether (sulfide) groups is 1. The van der Waals surface area contributed by atoms with Crippen molar-refractivity contribution in [1.82, 2.24) is 4.90 Å². The highest BCUT2D eigenvalue weighted by Crippen LogP contribution is 2.24. The number of hydrogen-bond acceptors (Lipinski definition) is 3. The summed E-state index contributed by atoms with van der Waals surface area (Å²) >= 11 is 1.84. The third-order valence-electron chi connectivity index (χ3n) is 2.21. The van der Waals surface area contributed by atoms with E-state index in [0.29, 0.717) is 13.0 Å². The molecular formula is C9H14N2OS. The van der Waals surface area contributed by atoms with E-state index in [-0.39, 0.29) is 11.8 Å². The number of rotatable bonds is 3. The summed E-state index contributed by atoms with van der Waals surface area (Å²) in [5.74, 6) is 2.46. The van der Waals surface area contributed by atoms with E-state index in [9.17, 15) is 4.79 Å². The van der Waals surface area contributed by atoms with Gasteiger partial charge in [-0.1, -0.05) is 0 Å². The van der Waals surface area contributed by atoms with Crippen molar-refractivity contribution >= 4 is 17.7 Å². The Morgan fingerprint density at radius 1 is 1.77 bits per heavy atom. The largest absolute Gasteiger partial charge is 0.344 e. The first-order valence-corrected chi connectivity index (χ1v) is 5.61. The maximum absolute atomic E-state index is 11.7. The van der Waals surface area contributed by atoms with Crippen molar-refractivity contribution in [3.8, 4) is 6.07 Å². The molecule has 1 fully saturated rings. The van der Waals surface area contributed by atoms with E-state index in [2.05, 4.69) is 0 Å². The van der Waals surface area contributed by atoms with E-state index in [1.54, 1.807) is 11.9 Å². The predicted octanol–water partition coefficient (Wildman–Crippen LogP) is 1.11. The van der Waals surface area contributed by atoms with Crippen LogP contribution in [0.4, 0.5) is 0 Å². The van der Waals surface area contributed by atoms with Gasteiger partial charge in [-0.25, -0.2) is 0 Å². The van der Waals surface area contributed by atoms with Gasteiger partial charge in [-0.05, 0) is 12.2 Å². The monoisotopic (exact) mass is 198 g/mol. The summed E-state index contributed by atoms with van der Waals surface area (Å²) in [4.78, 5) is 13.3. The molecule has 1 aliphatic heterocycles. The van der Waals surface area contributed by atoms with Crippen LogP contribution < -0.4 is 0 Å². The van der Waals surface area contributed by atoms with Crippen molar-refractivity contribution in [3.63, 3.8) is 0 Å². The number of carbonyl (C=O) groups excluding carboxylic acids is 1. The quantitative estimate of drug-likeness (QED) is 0.682. The van der Waals surface area contributed by atoms with Crippen molar-refractivity contribution in [2.45, 2.75) is 12.8 Å². The highest BCUT2D eigenvalue weighted by Gasteiger charge is 2.25. The number of nitriles is 1. The van der Waals surface area contributed by atoms with E-state index in [4.69, 9.17) is 5.26 Å². The topological polar surface area (TPSA) is 44.1 Å². The van der Waals surface area contributed by atoms with Crippen LogP contribution in [-0.4, -0.2) is 35.9 Å². The summed E-state index contributed by atoms with van der Waals surface area (Å²) in [5, 5.41) is 8.37. The molecule has 1 rings (SSSR count). The van der Waals surface area contributed by atoms with Crippen molar-refractivity contribution in [3.05, 3.63) is 0 Å². The molecule has 1 amide bonds. The SMILES string of the molecule is CN(CCC#N)C(=O)C1CCSC1. The molecule has 1 heterocycles. The normalized spacial score (nSPS) is 21.1. The van der Waals surface area contributed by atoms with Crippen LogP contribution in [0.2, 0.25) is 0 Å². The van der Waals surface area contributed by atoms with Gasteiger partial charge in [0.2, 0.25) is 5.91 Å². The second-order valence-corrected chi connectivity index (χ2v) is 4.38. The standard InChI is InChI=1S/C9H14N2OS/c1-11(5-2-4-10)9(12)8-3-6-13-7-8/h8H,2-3,5-7H2,1H3. The molecule has 4 heteroatoms. The lowest BCUT2D eigenvalue weighted by molar-refractivity contribution is -0.133. The van der Waals surface area contributed by atoms with Crippen molar-refractivity contribution in [1.29, 1.82) is 5.26 Å². The number of hydrogen-bond donors (Lipinski definition) is 0. The van der Waals surface area contributed by atoms with Gasteiger partial charge in [0.25, 0.3) is 0 Å². The van der Waals surface area contributed by atoms with Crippen LogP contribution in [0.1, 0.15) is 12.8 Å². The Balaban J connectivity index is 2.33. The second kappa shape index (κ2) is 5.13. The molecule has 0 spiro atoms. The summed E-state index contributed by atoms with van der Waals surface area (Å²) in [6, 6.07) is 2.04. The summed E-state index contributed by atoms with van der Waals surface area (Å²) < 4.78 is 0. The summed E-state index contributed by atoms with van der Waals surface area (Å²) in [7, 11) is 1.78. The van der Waals surface area contributed by atoms with E-state index < -0.39 is 0 Å². The molecule has 1 aliphatic rings. The minimum atomic E-state index is 0.202. The Bertz CT molecular complexity index is 218. The van der Waals surface area contributed by atoms with Gasteiger partial charge in [-0.3, -0.25) is 4.79 Å². The Hall–Kier alpha value is -0.690. The summed E-state index contributed by atoms with van der Waals surface area (Å²) in [5.41, 5.74) is 0. The Kier molecular flexibility index (Phi) is 4.10. The zero-order chi connectivity index (χ0) is 9.68. The first-order chi connectivity index (χ1) is 6.25. The maximum Gasteiger partial charge on any atom is 0.226 e. The highest BCUT2D eigenvalue weighted by molar-refractivity contribution is 7.99. The van der Waals surface area contributed by atoms with Gasteiger partial charge >= 0.3 is 0 Å². The van der Waals surface area contributed by atoms with E-state index in [0.717, 1.165) is 17.9 Å². The zero-order valence-corrected chi connectivity index (χ0v) is 8.64. The van der Waals surface area contributed by atoms with Crippen LogP contribution in [0.5, 0.6) is 0 Å². The fourth-order valence-electron chi connectivity index (χ4n) is 1.37. The second-order valence-electron chi connectivity index (χ2n) is 3.23. The molecule has 0 radical (unpaired) electrons. The molecule has 0 aromatic heterocycles. The lowest BCUT2D eigenvalue weighted by atomic mass is 10.1. The first kappa shape index (κ1) is 10.4. The molecule has 0 N–H and O–H groups in total. The van der Waals surface area contributed by atoms with E-state index >= 15 is 0 Å². The highest BCUT2D eigenvalue weighted by atomic mass is 32.2. The predicted molar refractivity (Wildman–Crippen MR) is 53.3 cm³/mol. The number of carbonyl (C=O) groups is 1. The molecule has 0 saturated carbocycles. The molecule has 13 heavy (non-hydrogen) atoms. The Labute approximate surface area is 83.1 Å². The number of amides is 1. The number of nitrogens with zero attached hydrogens (tertiary/aromatic N) is 2. The Morgan fingerprint density at radius 2 is 2.54 bits per heavy atom. The van der Waals surface area contributed by atoms with Crippen LogP contribution in [0.15, 0.2) is 0 Å². The molecule has 72 valence electrons. The van der Waals surface area contributed by atoms with Gasteiger partial charge in [0.05, 0.1) is 12.5 Å².